The van der Waals surface area contributed by atoms with E-state index < -0.39 is 17.6 Å². The van der Waals surface area contributed by atoms with Crippen LogP contribution in [0.3, 0.4) is 0 Å². The number of unbranched alkanes of at least 4 members (excludes halogenated alkanes) is 1. The predicted molar refractivity (Wildman–Crippen MR) is 124 cm³/mol. The molecule has 1 aliphatic rings. The van der Waals surface area contributed by atoms with Gasteiger partial charge in [0.2, 0.25) is 0 Å². The summed E-state index contributed by atoms with van der Waals surface area (Å²) >= 11 is 0. The third-order valence-electron chi connectivity index (χ3n) is 6.42. The molecule has 1 heterocycles. The van der Waals surface area contributed by atoms with Gasteiger partial charge in [-0.15, -0.1) is 0 Å². The van der Waals surface area contributed by atoms with Crippen molar-refractivity contribution in [2.45, 2.75) is 96.9 Å². The maximum atomic E-state index is 12.8. The monoisotopic (exact) mass is 447 g/mol. The summed E-state index contributed by atoms with van der Waals surface area (Å²) in [5, 5.41) is 2.79. The number of hydrogen-bond acceptors (Lipinski definition) is 6. The molecule has 1 atom stereocenters. The number of ether oxygens (including phenoxy) is 2. The molecule has 0 saturated carbocycles. The van der Waals surface area contributed by atoms with Crippen LogP contribution in [0.5, 0.6) is 0 Å². The molecule has 1 saturated heterocycles. The zero-order chi connectivity index (χ0) is 23.8. The fourth-order valence-corrected chi connectivity index (χ4v) is 3.67. The highest BCUT2D eigenvalue weighted by Gasteiger charge is 2.50. The smallest absolute Gasteiger partial charge is 0.457 e. The van der Waals surface area contributed by atoms with Crippen LogP contribution in [-0.4, -0.2) is 42.5 Å². The number of alkyl carbamates (subject to hydrolysis) is 1. The second-order valence-electron chi connectivity index (χ2n) is 9.27. The minimum atomic E-state index is -1.13. The zero-order valence-electron chi connectivity index (χ0n) is 20.4. The summed E-state index contributed by atoms with van der Waals surface area (Å²) in [5.74, 6) is -0.435. The van der Waals surface area contributed by atoms with Gasteiger partial charge in [0.05, 0.1) is 17.8 Å². The lowest BCUT2D eigenvalue weighted by atomic mass is 9.80. The largest absolute Gasteiger partial charge is 0.464 e. The number of benzene rings is 1. The van der Waals surface area contributed by atoms with Crippen LogP contribution in [0.4, 0.5) is 4.79 Å². The molecule has 1 amide bonds. The van der Waals surface area contributed by atoms with Crippen LogP contribution < -0.4 is 5.32 Å². The van der Waals surface area contributed by atoms with Crippen molar-refractivity contribution < 1.29 is 28.4 Å². The number of rotatable bonds is 11. The van der Waals surface area contributed by atoms with E-state index in [0.717, 1.165) is 12.0 Å². The average Bonchev–Trinajstić information content (AvgIpc) is 2.95. The van der Waals surface area contributed by atoms with Gasteiger partial charge in [0.1, 0.15) is 12.1 Å². The molecule has 1 fully saturated rings. The van der Waals surface area contributed by atoms with E-state index in [1.54, 1.807) is 6.92 Å². The van der Waals surface area contributed by atoms with Crippen molar-refractivity contribution in [2.75, 3.05) is 6.61 Å². The Labute approximate surface area is 192 Å². The van der Waals surface area contributed by atoms with Gasteiger partial charge >= 0.3 is 19.2 Å². The summed E-state index contributed by atoms with van der Waals surface area (Å²) in [6.45, 7) is 12.1. The van der Waals surface area contributed by atoms with Crippen LogP contribution >= 0.6 is 0 Å². The van der Waals surface area contributed by atoms with E-state index in [2.05, 4.69) is 5.32 Å². The first-order valence-electron chi connectivity index (χ1n) is 11.6. The molecular formula is C24H38BNO6. The molecule has 32 heavy (non-hydrogen) atoms. The standard InChI is InChI=1S/C24H38BNO6/c1-7-24(20(27)29-8-2,26-21(28)30-18-19-14-10-9-11-15-19)16-12-13-17-25-31-22(3,4)23(5,6)32-25/h9-11,14-15H,7-8,12-13,16-18H2,1-6H3,(H,26,28). The maximum Gasteiger partial charge on any atom is 0.457 e. The van der Waals surface area contributed by atoms with Gasteiger partial charge < -0.3 is 24.1 Å². The number of amides is 1. The second kappa shape index (κ2) is 11.2. The normalized spacial score (nSPS) is 18.6. The molecule has 0 spiro atoms. The van der Waals surface area contributed by atoms with Gasteiger partial charge in [0.15, 0.2) is 0 Å². The molecule has 178 valence electrons. The summed E-state index contributed by atoms with van der Waals surface area (Å²) in [7, 11) is -0.276. The average molecular weight is 447 g/mol. The van der Waals surface area contributed by atoms with Crippen molar-refractivity contribution in [1.29, 1.82) is 0 Å². The number of carbonyl (C=O) groups is 2. The Kier molecular flexibility index (Phi) is 9.16. The second-order valence-corrected chi connectivity index (χ2v) is 9.27. The quantitative estimate of drug-likeness (QED) is 0.296. The molecule has 0 aliphatic carbocycles. The van der Waals surface area contributed by atoms with Crippen LogP contribution in [0.2, 0.25) is 6.32 Å². The minimum Gasteiger partial charge on any atom is -0.464 e. The molecule has 2 rings (SSSR count). The highest BCUT2D eigenvalue weighted by atomic mass is 16.7. The molecule has 0 aromatic heterocycles. The van der Waals surface area contributed by atoms with Crippen LogP contribution in [0.15, 0.2) is 30.3 Å². The highest BCUT2D eigenvalue weighted by Crippen LogP contribution is 2.38. The van der Waals surface area contributed by atoms with Crippen molar-refractivity contribution in [3.8, 4) is 0 Å². The fourth-order valence-electron chi connectivity index (χ4n) is 3.67. The lowest BCUT2D eigenvalue weighted by Crippen LogP contribution is -2.55. The van der Waals surface area contributed by atoms with E-state index in [1.165, 1.54) is 0 Å². The molecule has 0 radical (unpaired) electrons. The summed E-state index contributed by atoms with van der Waals surface area (Å²) in [6, 6.07) is 9.41. The van der Waals surface area contributed by atoms with Crippen molar-refractivity contribution in [3.63, 3.8) is 0 Å². The van der Waals surface area contributed by atoms with E-state index in [4.69, 9.17) is 18.8 Å². The number of hydrogen-bond donors (Lipinski definition) is 1. The first-order valence-corrected chi connectivity index (χ1v) is 11.6. The van der Waals surface area contributed by atoms with Gasteiger partial charge in [0.25, 0.3) is 0 Å². The molecule has 1 aromatic carbocycles. The van der Waals surface area contributed by atoms with Crippen molar-refractivity contribution in [1.82, 2.24) is 5.32 Å². The lowest BCUT2D eigenvalue weighted by molar-refractivity contribution is -0.151. The van der Waals surface area contributed by atoms with E-state index in [-0.39, 0.29) is 31.5 Å². The van der Waals surface area contributed by atoms with Gasteiger partial charge in [-0.25, -0.2) is 9.59 Å². The molecule has 1 aliphatic heterocycles. The first-order chi connectivity index (χ1) is 15.0. The van der Waals surface area contributed by atoms with Crippen LogP contribution in [0, 0.1) is 0 Å². The Morgan fingerprint density at radius 2 is 1.62 bits per heavy atom. The topological polar surface area (TPSA) is 83.1 Å². The molecule has 1 unspecified atom stereocenters. The van der Waals surface area contributed by atoms with Crippen LogP contribution in [-0.2, 0) is 30.2 Å². The zero-order valence-corrected chi connectivity index (χ0v) is 20.4. The minimum absolute atomic E-state index is 0.136. The third kappa shape index (κ3) is 6.72. The van der Waals surface area contributed by atoms with Gasteiger partial charge in [0, 0.05) is 0 Å². The van der Waals surface area contributed by atoms with Crippen LogP contribution in [0.1, 0.15) is 72.8 Å². The fraction of sp³-hybridized carbons (Fsp3) is 0.667. The number of carbonyl (C=O) groups excluding carboxylic acids is 2. The molecule has 1 aromatic rings. The molecule has 0 bridgehead atoms. The van der Waals surface area contributed by atoms with Gasteiger partial charge in [-0.1, -0.05) is 50.1 Å². The van der Waals surface area contributed by atoms with E-state index >= 15 is 0 Å². The van der Waals surface area contributed by atoms with Gasteiger partial charge in [-0.3, -0.25) is 0 Å². The third-order valence-corrected chi connectivity index (χ3v) is 6.42. The Hall–Kier alpha value is -2.06. The Bertz CT molecular complexity index is 738. The maximum absolute atomic E-state index is 12.8. The lowest BCUT2D eigenvalue weighted by Gasteiger charge is -2.32. The Morgan fingerprint density at radius 3 is 2.19 bits per heavy atom. The van der Waals surface area contributed by atoms with E-state index in [1.807, 2.05) is 65.0 Å². The number of esters is 1. The summed E-state index contributed by atoms with van der Waals surface area (Å²) in [5.41, 5.74) is -0.970. The Balaban J connectivity index is 1.92. The molecule has 7 nitrogen and oxygen atoms in total. The Morgan fingerprint density at radius 1 is 1.00 bits per heavy atom. The summed E-state index contributed by atoms with van der Waals surface area (Å²) in [6.07, 6.45) is 2.43. The summed E-state index contributed by atoms with van der Waals surface area (Å²) in [4.78, 5) is 25.3. The van der Waals surface area contributed by atoms with Crippen LogP contribution in [0.25, 0.3) is 0 Å². The predicted octanol–water partition coefficient (Wildman–Crippen LogP) is 4.89. The summed E-state index contributed by atoms with van der Waals surface area (Å²) < 4.78 is 22.7. The van der Waals surface area contributed by atoms with Gasteiger partial charge in [-0.05, 0) is 59.3 Å². The molecule has 8 heteroatoms. The van der Waals surface area contributed by atoms with Crippen molar-refractivity contribution in [2.24, 2.45) is 0 Å². The highest BCUT2D eigenvalue weighted by molar-refractivity contribution is 6.45. The SMILES string of the molecule is CCOC(=O)C(CC)(CCCCB1OC(C)(C)C(C)(C)O1)NC(=O)OCc1ccccc1. The number of nitrogens with one attached hydrogen (secondary N) is 1. The molecular weight excluding hydrogens is 409 g/mol. The van der Waals surface area contributed by atoms with Gasteiger partial charge in [-0.2, -0.15) is 0 Å². The van der Waals surface area contributed by atoms with Crippen molar-refractivity contribution in [3.05, 3.63) is 35.9 Å². The first kappa shape index (κ1) is 26.2. The van der Waals surface area contributed by atoms with E-state index in [9.17, 15) is 9.59 Å². The molecule has 1 N–H and O–H groups in total. The van der Waals surface area contributed by atoms with E-state index in [0.29, 0.717) is 25.6 Å². The van der Waals surface area contributed by atoms with Crippen molar-refractivity contribution >= 4 is 19.2 Å².